The normalized spacial score (nSPS) is 17.8. The Labute approximate surface area is 187 Å². The molecule has 0 saturated carbocycles. The Morgan fingerprint density at radius 2 is 1.41 bits per heavy atom. The summed E-state index contributed by atoms with van der Waals surface area (Å²) < 4.78 is 29.1. The van der Waals surface area contributed by atoms with Crippen LogP contribution in [0.5, 0.6) is 0 Å². The highest BCUT2D eigenvalue weighted by Gasteiger charge is 2.29. The van der Waals surface area contributed by atoms with Gasteiger partial charge in [0.15, 0.2) is 0 Å². The molecule has 11 heteroatoms. The van der Waals surface area contributed by atoms with Crippen LogP contribution < -0.4 is 9.80 Å². The standard InChI is InChI=1S/C21H26N8O2S/c30-32(31,16-18-6-2-1-3-7-18)29-14-12-27(13-15-29)20-23-19(26-9-4-5-10-26)24-21(25-20)28-11-8-22-17-28/h1-3,6-8,11,17H,4-5,9-10,12-16H2. The summed E-state index contributed by atoms with van der Waals surface area (Å²) in [5.74, 6) is 1.78. The molecule has 0 amide bonds. The zero-order valence-corrected chi connectivity index (χ0v) is 18.6. The summed E-state index contributed by atoms with van der Waals surface area (Å²) in [6.07, 6.45) is 7.41. The number of sulfonamides is 1. The Balaban J connectivity index is 1.33. The molecule has 168 valence electrons. The van der Waals surface area contributed by atoms with Gasteiger partial charge in [-0.25, -0.2) is 13.4 Å². The van der Waals surface area contributed by atoms with E-state index in [0.717, 1.165) is 31.5 Å². The molecule has 10 nitrogen and oxygen atoms in total. The zero-order chi connectivity index (χ0) is 22.0. The van der Waals surface area contributed by atoms with Crippen molar-refractivity contribution in [3.63, 3.8) is 0 Å². The van der Waals surface area contributed by atoms with Crippen molar-refractivity contribution in [3.8, 4) is 5.95 Å². The average molecular weight is 455 g/mol. The molecule has 2 aliphatic heterocycles. The van der Waals surface area contributed by atoms with E-state index in [2.05, 4.69) is 19.9 Å². The van der Waals surface area contributed by atoms with Crippen LogP contribution in [0.4, 0.5) is 11.9 Å². The van der Waals surface area contributed by atoms with Crippen LogP contribution in [0.25, 0.3) is 5.95 Å². The molecule has 0 atom stereocenters. The van der Waals surface area contributed by atoms with Gasteiger partial charge in [0.2, 0.25) is 27.9 Å². The van der Waals surface area contributed by atoms with E-state index >= 15 is 0 Å². The minimum Gasteiger partial charge on any atom is -0.341 e. The lowest BCUT2D eigenvalue weighted by atomic mass is 10.2. The minimum atomic E-state index is -3.37. The summed E-state index contributed by atoms with van der Waals surface area (Å²) in [5, 5.41) is 0. The molecule has 2 aromatic heterocycles. The molecule has 2 aliphatic rings. The molecule has 0 aliphatic carbocycles. The number of hydrogen-bond donors (Lipinski definition) is 0. The number of benzene rings is 1. The number of aromatic nitrogens is 5. The quantitative estimate of drug-likeness (QED) is 0.550. The van der Waals surface area contributed by atoms with Crippen LogP contribution in [-0.4, -0.2) is 76.5 Å². The molecular weight excluding hydrogens is 428 g/mol. The predicted molar refractivity (Wildman–Crippen MR) is 121 cm³/mol. The highest BCUT2D eigenvalue weighted by atomic mass is 32.2. The van der Waals surface area contributed by atoms with Crippen LogP contribution in [0.3, 0.4) is 0 Å². The Bertz CT molecular complexity index is 1140. The van der Waals surface area contributed by atoms with E-state index in [1.165, 1.54) is 0 Å². The third-order valence-corrected chi connectivity index (χ3v) is 7.68. The van der Waals surface area contributed by atoms with Gasteiger partial charge in [-0.2, -0.15) is 19.3 Å². The van der Waals surface area contributed by atoms with Gasteiger partial charge in [-0.3, -0.25) is 4.57 Å². The van der Waals surface area contributed by atoms with Gasteiger partial charge < -0.3 is 9.80 Å². The molecule has 2 fully saturated rings. The SMILES string of the molecule is O=S(=O)(Cc1ccccc1)N1CCN(c2nc(N3CCCC3)nc(-n3ccnc3)n2)CC1. The second-order valence-corrected chi connectivity index (χ2v) is 10.00. The number of imidazole rings is 1. The van der Waals surface area contributed by atoms with Crippen molar-refractivity contribution in [2.75, 3.05) is 49.1 Å². The van der Waals surface area contributed by atoms with Gasteiger partial charge in [0.25, 0.3) is 0 Å². The molecule has 0 radical (unpaired) electrons. The maximum absolute atomic E-state index is 12.9. The van der Waals surface area contributed by atoms with E-state index in [0.29, 0.717) is 44.0 Å². The van der Waals surface area contributed by atoms with Crippen molar-refractivity contribution in [2.24, 2.45) is 0 Å². The van der Waals surface area contributed by atoms with Gasteiger partial charge in [0.05, 0.1) is 5.75 Å². The third kappa shape index (κ3) is 4.44. The van der Waals surface area contributed by atoms with Crippen molar-refractivity contribution in [1.82, 2.24) is 28.8 Å². The van der Waals surface area contributed by atoms with Crippen LogP contribution in [0.1, 0.15) is 18.4 Å². The van der Waals surface area contributed by atoms with Crippen LogP contribution in [0.15, 0.2) is 49.1 Å². The summed E-state index contributed by atoms with van der Waals surface area (Å²) in [4.78, 5) is 22.3. The van der Waals surface area contributed by atoms with Crippen molar-refractivity contribution < 1.29 is 8.42 Å². The molecule has 0 spiro atoms. The van der Waals surface area contributed by atoms with Gasteiger partial charge in [-0.15, -0.1) is 0 Å². The Morgan fingerprint density at radius 3 is 2.03 bits per heavy atom. The fraction of sp³-hybridized carbons (Fsp3) is 0.429. The number of nitrogens with zero attached hydrogens (tertiary/aromatic N) is 8. The van der Waals surface area contributed by atoms with Gasteiger partial charge >= 0.3 is 0 Å². The van der Waals surface area contributed by atoms with Gasteiger partial charge in [0.1, 0.15) is 6.33 Å². The van der Waals surface area contributed by atoms with Gasteiger partial charge in [-0.05, 0) is 18.4 Å². The first-order valence-corrected chi connectivity index (χ1v) is 12.5. The topological polar surface area (TPSA) is 100 Å². The van der Waals surface area contributed by atoms with Crippen LogP contribution >= 0.6 is 0 Å². The number of anilines is 2. The van der Waals surface area contributed by atoms with E-state index in [-0.39, 0.29) is 5.75 Å². The second-order valence-electron chi connectivity index (χ2n) is 8.03. The van der Waals surface area contributed by atoms with Gasteiger partial charge in [-0.1, -0.05) is 30.3 Å². The average Bonchev–Trinajstić information content (AvgIpc) is 3.54. The van der Waals surface area contributed by atoms with Crippen molar-refractivity contribution in [1.29, 1.82) is 0 Å². The fourth-order valence-corrected chi connectivity index (χ4v) is 5.59. The van der Waals surface area contributed by atoms with Crippen molar-refractivity contribution >= 4 is 21.9 Å². The molecule has 2 saturated heterocycles. The highest BCUT2D eigenvalue weighted by Crippen LogP contribution is 2.22. The minimum absolute atomic E-state index is 0.0173. The van der Waals surface area contributed by atoms with Crippen molar-refractivity contribution in [2.45, 2.75) is 18.6 Å². The molecule has 1 aromatic carbocycles. The lowest BCUT2D eigenvalue weighted by Crippen LogP contribution is -2.49. The fourth-order valence-electron chi connectivity index (χ4n) is 4.08. The van der Waals surface area contributed by atoms with E-state index in [4.69, 9.17) is 4.98 Å². The molecule has 0 N–H and O–H groups in total. The van der Waals surface area contributed by atoms with Crippen LogP contribution in [-0.2, 0) is 15.8 Å². The molecule has 5 rings (SSSR count). The summed E-state index contributed by atoms with van der Waals surface area (Å²) in [7, 11) is -3.37. The summed E-state index contributed by atoms with van der Waals surface area (Å²) in [5.41, 5.74) is 0.799. The van der Waals surface area contributed by atoms with Gasteiger partial charge in [0, 0.05) is 51.7 Å². The molecule has 32 heavy (non-hydrogen) atoms. The van der Waals surface area contributed by atoms with E-state index in [1.54, 1.807) is 27.6 Å². The van der Waals surface area contributed by atoms with Crippen LogP contribution in [0.2, 0.25) is 0 Å². The number of piperazine rings is 1. The maximum atomic E-state index is 12.9. The molecule has 0 bridgehead atoms. The summed E-state index contributed by atoms with van der Waals surface area (Å²) in [6, 6.07) is 9.29. The van der Waals surface area contributed by atoms with E-state index < -0.39 is 10.0 Å². The lowest BCUT2D eigenvalue weighted by molar-refractivity contribution is 0.382. The summed E-state index contributed by atoms with van der Waals surface area (Å²) in [6.45, 7) is 3.72. The first kappa shape index (κ1) is 20.8. The Hall–Kier alpha value is -3.05. The lowest BCUT2D eigenvalue weighted by Gasteiger charge is -2.34. The van der Waals surface area contributed by atoms with Crippen molar-refractivity contribution in [3.05, 3.63) is 54.6 Å². The third-order valence-electron chi connectivity index (χ3n) is 5.83. The molecule has 0 unspecified atom stereocenters. The first-order chi connectivity index (χ1) is 15.6. The van der Waals surface area contributed by atoms with E-state index in [1.807, 2.05) is 35.2 Å². The second kappa shape index (κ2) is 8.83. The summed E-state index contributed by atoms with van der Waals surface area (Å²) >= 11 is 0. The molecule has 3 aromatic rings. The highest BCUT2D eigenvalue weighted by molar-refractivity contribution is 7.88. The monoisotopic (exact) mass is 454 g/mol. The first-order valence-electron chi connectivity index (χ1n) is 10.8. The largest absolute Gasteiger partial charge is 0.341 e. The zero-order valence-electron chi connectivity index (χ0n) is 17.8. The maximum Gasteiger partial charge on any atom is 0.241 e. The van der Waals surface area contributed by atoms with Crippen LogP contribution in [0, 0.1) is 0 Å². The van der Waals surface area contributed by atoms with E-state index in [9.17, 15) is 8.42 Å². The predicted octanol–water partition coefficient (Wildman–Crippen LogP) is 1.31. The Morgan fingerprint density at radius 1 is 0.781 bits per heavy atom. The molecule has 4 heterocycles. The Kier molecular flexibility index (Phi) is 5.75. The number of hydrogen-bond acceptors (Lipinski definition) is 8. The number of rotatable bonds is 6. The molecular formula is C21H26N8O2S. The smallest absolute Gasteiger partial charge is 0.241 e.